The molecule has 3 rings (SSSR count). The zero-order chi connectivity index (χ0) is 20.5. The third-order valence-electron chi connectivity index (χ3n) is 4.25. The van der Waals surface area contributed by atoms with E-state index in [1.807, 2.05) is 42.2 Å². The summed E-state index contributed by atoms with van der Waals surface area (Å²) in [7, 11) is 1.71. The molecule has 1 atom stereocenters. The van der Waals surface area contributed by atoms with Crippen molar-refractivity contribution in [2.24, 2.45) is 4.99 Å². The number of benzene rings is 2. The maximum Gasteiger partial charge on any atom is 0.191 e. The van der Waals surface area contributed by atoms with Gasteiger partial charge in [-0.25, -0.2) is 4.39 Å². The second-order valence-electron chi connectivity index (χ2n) is 6.72. The van der Waals surface area contributed by atoms with Gasteiger partial charge in [-0.05, 0) is 24.6 Å². The van der Waals surface area contributed by atoms with Gasteiger partial charge in [-0.2, -0.15) is 5.10 Å². The lowest BCUT2D eigenvalue weighted by molar-refractivity contribution is 0.223. The van der Waals surface area contributed by atoms with E-state index in [4.69, 9.17) is 4.74 Å². The number of hydrogen-bond acceptors (Lipinski definition) is 3. The summed E-state index contributed by atoms with van der Waals surface area (Å²) in [5, 5.41) is 10.9. The van der Waals surface area contributed by atoms with Crippen molar-refractivity contribution < 1.29 is 9.13 Å². The predicted octanol–water partition coefficient (Wildman–Crippen LogP) is 3.82. The summed E-state index contributed by atoms with van der Waals surface area (Å²) in [5.74, 6) is 0.858. The van der Waals surface area contributed by atoms with Crippen molar-refractivity contribution in [1.82, 2.24) is 20.4 Å². The van der Waals surface area contributed by atoms with Crippen LogP contribution >= 0.6 is 24.0 Å². The number of nitrogens with one attached hydrogen (secondary N) is 2. The maximum atomic E-state index is 13.2. The second-order valence-corrected chi connectivity index (χ2v) is 6.72. The molecule has 2 aromatic carbocycles. The molecular weight excluding hydrogens is 496 g/mol. The second kappa shape index (κ2) is 12.2. The van der Waals surface area contributed by atoms with Gasteiger partial charge in [0, 0.05) is 31.4 Å². The first-order chi connectivity index (χ1) is 14.1. The Balaban J connectivity index is 0.00000320. The van der Waals surface area contributed by atoms with Crippen LogP contribution in [0.3, 0.4) is 0 Å². The summed E-state index contributed by atoms with van der Waals surface area (Å²) >= 11 is 0. The van der Waals surface area contributed by atoms with Gasteiger partial charge in [0.2, 0.25) is 0 Å². The summed E-state index contributed by atoms with van der Waals surface area (Å²) in [5.41, 5.74) is 2.27. The molecule has 0 bridgehead atoms. The fourth-order valence-corrected chi connectivity index (χ4v) is 2.82. The van der Waals surface area contributed by atoms with Crippen LogP contribution in [0.2, 0.25) is 0 Å². The molecule has 3 aromatic rings. The molecule has 0 amide bonds. The van der Waals surface area contributed by atoms with Crippen LogP contribution in [0.25, 0.3) is 0 Å². The Bertz CT molecular complexity index is 932. The SMILES string of the molecule is CN=C(NCc1cnn(Cc2ccccc2)c1)NCC(C)Oc1cccc(F)c1.I. The first kappa shape index (κ1) is 23.7. The Hall–Kier alpha value is -2.62. The van der Waals surface area contributed by atoms with Crippen molar-refractivity contribution in [3.63, 3.8) is 0 Å². The van der Waals surface area contributed by atoms with Crippen LogP contribution in [0.4, 0.5) is 4.39 Å². The monoisotopic (exact) mass is 523 g/mol. The van der Waals surface area contributed by atoms with Crippen LogP contribution in [-0.2, 0) is 13.1 Å². The molecule has 0 aliphatic carbocycles. The van der Waals surface area contributed by atoms with Crippen LogP contribution in [0.15, 0.2) is 72.0 Å². The first-order valence-corrected chi connectivity index (χ1v) is 9.54. The maximum absolute atomic E-state index is 13.2. The van der Waals surface area contributed by atoms with Gasteiger partial charge in [0.1, 0.15) is 17.7 Å². The highest BCUT2D eigenvalue weighted by atomic mass is 127. The van der Waals surface area contributed by atoms with Crippen LogP contribution in [0, 0.1) is 5.82 Å². The normalized spacial score (nSPS) is 12.0. The summed E-state index contributed by atoms with van der Waals surface area (Å²) < 4.78 is 20.9. The third kappa shape index (κ3) is 7.66. The van der Waals surface area contributed by atoms with Crippen LogP contribution in [-0.4, -0.2) is 35.4 Å². The Kier molecular flexibility index (Phi) is 9.59. The molecule has 1 aromatic heterocycles. The van der Waals surface area contributed by atoms with Gasteiger partial charge < -0.3 is 15.4 Å². The van der Waals surface area contributed by atoms with Gasteiger partial charge in [0.15, 0.2) is 5.96 Å². The number of aliphatic imine (C=N–C) groups is 1. The highest BCUT2D eigenvalue weighted by molar-refractivity contribution is 14.0. The summed E-state index contributed by atoms with van der Waals surface area (Å²) in [6, 6.07) is 16.3. The summed E-state index contributed by atoms with van der Waals surface area (Å²) in [6.45, 7) is 3.79. The smallest absolute Gasteiger partial charge is 0.191 e. The van der Waals surface area contributed by atoms with Gasteiger partial charge in [0.05, 0.1) is 19.3 Å². The molecule has 1 unspecified atom stereocenters. The largest absolute Gasteiger partial charge is 0.489 e. The zero-order valence-electron chi connectivity index (χ0n) is 17.1. The fraction of sp³-hybridized carbons (Fsp3) is 0.273. The number of hydrogen-bond donors (Lipinski definition) is 2. The lowest BCUT2D eigenvalue weighted by Gasteiger charge is -2.17. The number of nitrogens with zero attached hydrogens (tertiary/aromatic N) is 3. The molecule has 6 nitrogen and oxygen atoms in total. The number of aromatic nitrogens is 2. The molecule has 160 valence electrons. The summed E-state index contributed by atoms with van der Waals surface area (Å²) in [4.78, 5) is 4.22. The molecule has 0 saturated heterocycles. The van der Waals surface area contributed by atoms with E-state index in [0.717, 1.165) is 12.1 Å². The minimum Gasteiger partial charge on any atom is -0.489 e. The standard InChI is InChI=1S/C22H26FN5O.HI/c1-17(29-21-10-6-9-20(23)11-21)12-25-22(24-2)26-13-19-14-27-28(16-19)15-18-7-4-3-5-8-18;/h3-11,14,16-17H,12-13,15H2,1-2H3,(H2,24,25,26);1H. The Morgan fingerprint density at radius 1 is 1.13 bits per heavy atom. The van der Waals surface area contributed by atoms with E-state index in [9.17, 15) is 4.39 Å². The van der Waals surface area contributed by atoms with Gasteiger partial charge in [-0.15, -0.1) is 24.0 Å². The van der Waals surface area contributed by atoms with E-state index in [0.29, 0.717) is 24.8 Å². The van der Waals surface area contributed by atoms with Crippen molar-refractivity contribution in [2.75, 3.05) is 13.6 Å². The molecule has 0 fully saturated rings. The van der Waals surface area contributed by atoms with Crippen LogP contribution in [0.1, 0.15) is 18.1 Å². The van der Waals surface area contributed by atoms with E-state index < -0.39 is 0 Å². The molecule has 0 aliphatic heterocycles. The molecule has 0 aliphatic rings. The first-order valence-electron chi connectivity index (χ1n) is 9.54. The molecule has 1 heterocycles. The number of guanidine groups is 1. The Labute approximate surface area is 193 Å². The van der Waals surface area contributed by atoms with E-state index in [1.165, 1.54) is 17.7 Å². The average Bonchev–Trinajstić information content (AvgIpc) is 3.16. The molecule has 0 saturated carbocycles. The minimum atomic E-state index is -0.312. The predicted molar refractivity (Wildman–Crippen MR) is 128 cm³/mol. The van der Waals surface area contributed by atoms with E-state index in [2.05, 4.69) is 32.9 Å². The molecule has 30 heavy (non-hydrogen) atoms. The van der Waals surface area contributed by atoms with Crippen molar-refractivity contribution >= 4 is 29.9 Å². The third-order valence-corrected chi connectivity index (χ3v) is 4.25. The summed E-state index contributed by atoms with van der Waals surface area (Å²) in [6.07, 6.45) is 3.71. The lowest BCUT2D eigenvalue weighted by atomic mass is 10.2. The Morgan fingerprint density at radius 3 is 2.67 bits per heavy atom. The van der Waals surface area contributed by atoms with Crippen LogP contribution < -0.4 is 15.4 Å². The Morgan fingerprint density at radius 2 is 1.93 bits per heavy atom. The van der Waals surface area contributed by atoms with Crippen molar-refractivity contribution in [3.05, 3.63) is 83.9 Å². The van der Waals surface area contributed by atoms with Gasteiger partial charge in [-0.1, -0.05) is 36.4 Å². The van der Waals surface area contributed by atoms with Crippen molar-refractivity contribution in [1.29, 1.82) is 0 Å². The van der Waals surface area contributed by atoms with Crippen LogP contribution in [0.5, 0.6) is 5.75 Å². The van der Waals surface area contributed by atoms with E-state index in [-0.39, 0.29) is 35.9 Å². The zero-order valence-corrected chi connectivity index (χ0v) is 19.4. The number of halogens is 2. The average molecular weight is 523 g/mol. The molecule has 2 N–H and O–H groups in total. The highest BCUT2D eigenvalue weighted by Crippen LogP contribution is 2.13. The minimum absolute atomic E-state index is 0. The van der Waals surface area contributed by atoms with Gasteiger partial charge >= 0.3 is 0 Å². The van der Waals surface area contributed by atoms with E-state index >= 15 is 0 Å². The number of rotatable bonds is 8. The van der Waals surface area contributed by atoms with Gasteiger partial charge in [-0.3, -0.25) is 9.67 Å². The fourth-order valence-electron chi connectivity index (χ4n) is 2.82. The molecular formula is C22H27FIN5O. The van der Waals surface area contributed by atoms with Crippen molar-refractivity contribution in [3.8, 4) is 5.75 Å². The van der Waals surface area contributed by atoms with E-state index in [1.54, 1.807) is 19.2 Å². The molecule has 0 spiro atoms. The quantitative estimate of drug-likeness (QED) is 0.268. The molecule has 8 heteroatoms. The number of ether oxygens (including phenoxy) is 1. The van der Waals surface area contributed by atoms with Gasteiger partial charge in [0.25, 0.3) is 0 Å². The highest BCUT2D eigenvalue weighted by Gasteiger charge is 2.07. The topological polar surface area (TPSA) is 63.5 Å². The molecule has 0 radical (unpaired) electrons. The lowest BCUT2D eigenvalue weighted by Crippen LogP contribution is -2.41. The van der Waals surface area contributed by atoms with Crippen molar-refractivity contribution in [2.45, 2.75) is 26.1 Å².